The zero-order valence-electron chi connectivity index (χ0n) is 12.5. The van der Waals surface area contributed by atoms with Crippen LogP contribution in [0.3, 0.4) is 0 Å². The number of carbonyl (C=O) groups is 1. The minimum absolute atomic E-state index is 0.0872. The van der Waals surface area contributed by atoms with E-state index in [0.29, 0.717) is 12.1 Å². The fourth-order valence-electron chi connectivity index (χ4n) is 1.72. The molecule has 1 aromatic rings. The third kappa shape index (κ3) is 5.04. The highest BCUT2D eigenvalue weighted by Gasteiger charge is 2.10. The second-order valence-corrected chi connectivity index (χ2v) is 4.71. The maximum atomic E-state index is 12.2. The van der Waals surface area contributed by atoms with Crippen LogP contribution in [0.4, 0.5) is 0 Å². The number of hydrogen-bond donors (Lipinski definition) is 2. The summed E-state index contributed by atoms with van der Waals surface area (Å²) in [6.45, 7) is 6.77. The summed E-state index contributed by atoms with van der Waals surface area (Å²) in [5.74, 6) is 5.67. The van der Waals surface area contributed by atoms with Gasteiger partial charge in [0, 0.05) is 18.7 Å². The minimum atomic E-state index is -0.0872. The fraction of sp³-hybridized carbons (Fsp3) is 0.438. The predicted octanol–water partition coefficient (Wildman–Crippen LogP) is 0.987. The van der Waals surface area contributed by atoms with E-state index in [-0.39, 0.29) is 12.5 Å². The van der Waals surface area contributed by atoms with Crippen molar-refractivity contribution in [3.05, 3.63) is 34.9 Å². The van der Waals surface area contributed by atoms with E-state index in [9.17, 15) is 4.79 Å². The first-order valence-electron chi connectivity index (χ1n) is 6.84. The molecule has 0 aliphatic heterocycles. The van der Waals surface area contributed by atoms with Crippen molar-refractivity contribution in [1.29, 1.82) is 0 Å². The van der Waals surface area contributed by atoms with Gasteiger partial charge in [-0.15, -0.1) is 0 Å². The quantitative estimate of drug-likeness (QED) is 0.787. The van der Waals surface area contributed by atoms with Crippen LogP contribution in [0.25, 0.3) is 0 Å². The van der Waals surface area contributed by atoms with Gasteiger partial charge in [-0.1, -0.05) is 24.8 Å². The molecule has 0 bridgehead atoms. The molecular weight excluding hydrogens is 250 g/mol. The Morgan fingerprint density at radius 2 is 2.20 bits per heavy atom. The van der Waals surface area contributed by atoms with Crippen LogP contribution in [-0.4, -0.2) is 44.0 Å². The number of nitrogens with two attached hydrogens (primary N) is 1. The topological polar surface area (TPSA) is 58.4 Å². The van der Waals surface area contributed by atoms with E-state index in [4.69, 9.17) is 5.73 Å². The first-order chi connectivity index (χ1) is 9.58. The molecular formula is C16H23N3O. The summed E-state index contributed by atoms with van der Waals surface area (Å²) >= 11 is 0. The predicted molar refractivity (Wildman–Crippen MR) is 82.6 cm³/mol. The van der Waals surface area contributed by atoms with Crippen molar-refractivity contribution in [2.75, 3.05) is 33.2 Å². The summed E-state index contributed by atoms with van der Waals surface area (Å²) in [5.41, 5.74) is 7.81. The SMILES string of the molecule is CCN(C)CCNC(=O)c1ccc(C)cc1C#CCN. The normalized spacial score (nSPS) is 10.1. The summed E-state index contributed by atoms with van der Waals surface area (Å²) in [6.07, 6.45) is 0. The Kier molecular flexibility index (Phi) is 6.78. The summed E-state index contributed by atoms with van der Waals surface area (Å²) in [5, 5.41) is 2.92. The number of benzene rings is 1. The molecule has 1 aromatic carbocycles. The molecule has 0 saturated carbocycles. The Hall–Kier alpha value is -1.83. The average molecular weight is 273 g/mol. The van der Waals surface area contributed by atoms with Crippen LogP contribution in [0.2, 0.25) is 0 Å². The Labute approximate surface area is 121 Å². The number of likely N-dealkylation sites (N-methyl/N-ethyl adjacent to an activating group) is 1. The molecule has 0 unspecified atom stereocenters. The molecule has 1 rings (SSSR count). The van der Waals surface area contributed by atoms with Gasteiger partial charge in [0.25, 0.3) is 5.91 Å². The summed E-state index contributed by atoms with van der Waals surface area (Å²) in [6, 6.07) is 5.64. The first kappa shape index (κ1) is 16.2. The van der Waals surface area contributed by atoms with Crippen molar-refractivity contribution in [1.82, 2.24) is 10.2 Å². The molecule has 0 aliphatic carbocycles. The van der Waals surface area contributed by atoms with Crippen molar-refractivity contribution in [2.24, 2.45) is 5.73 Å². The highest BCUT2D eigenvalue weighted by Crippen LogP contribution is 2.10. The van der Waals surface area contributed by atoms with Gasteiger partial charge >= 0.3 is 0 Å². The van der Waals surface area contributed by atoms with Crippen LogP contribution in [0.1, 0.15) is 28.4 Å². The smallest absolute Gasteiger partial charge is 0.252 e. The van der Waals surface area contributed by atoms with Gasteiger partial charge in [0.1, 0.15) is 0 Å². The lowest BCUT2D eigenvalue weighted by Crippen LogP contribution is -2.33. The van der Waals surface area contributed by atoms with E-state index in [1.807, 2.05) is 32.2 Å². The van der Waals surface area contributed by atoms with Gasteiger partial charge in [0.2, 0.25) is 0 Å². The van der Waals surface area contributed by atoms with Gasteiger partial charge in [0.05, 0.1) is 12.1 Å². The third-order valence-electron chi connectivity index (χ3n) is 3.06. The maximum absolute atomic E-state index is 12.2. The number of rotatable bonds is 5. The maximum Gasteiger partial charge on any atom is 0.252 e. The molecule has 0 aliphatic rings. The molecule has 4 nitrogen and oxygen atoms in total. The standard InChI is InChI=1S/C16H23N3O/c1-4-19(3)11-10-18-16(20)15-8-7-13(2)12-14(15)6-5-9-17/h7-8,12H,4,9-11,17H2,1-3H3,(H,18,20). The van der Waals surface area contributed by atoms with Gasteiger partial charge in [-0.2, -0.15) is 0 Å². The van der Waals surface area contributed by atoms with Crippen LogP contribution >= 0.6 is 0 Å². The van der Waals surface area contributed by atoms with Crippen LogP contribution in [-0.2, 0) is 0 Å². The Morgan fingerprint density at radius 1 is 1.45 bits per heavy atom. The van der Waals surface area contributed by atoms with E-state index < -0.39 is 0 Å². The lowest BCUT2D eigenvalue weighted by atomic mass is 10.0. The molecule has 0 saturated heterocycles. The van der Waals surface area contributed by atoms with Crippen molar-refractivity contribution < 1.29 is 4.79 Å². The van der Waals surface area contributed by atoms with Gasteiger partial charge in [0.15, 0.2) is 0 Å². The first-order valence-corrected chi connectivity index (χ1v) is 6.84. The highest BCUT2D eigenvalue weighted by molar-refractivity contribution is 5.96. The molecule has 1 amide bonds. The van der Waals surface area contributed by atoms with Crippen molar-refractivity contribution in [3.63, 3.8) is 0 Å². The molecule has 3 N–H and O–H groups in total. The highest BCUT2D eigenvalue weighted by atomic mass is 16.1. The van der Waals surface area contributed by atoms with Gasteiger partial charge in [-0.3, -0.25) is 4.79 Å². The monoisotopic (exact) mass is 273 g/mol. The number of amides is 1. The summed E-state index contributed by atoms with van der Waals surface area (Å²) in [4.78, 5) is 14.3. The van der Waals surface area contributed by atoms with Crippen molar-refractivity contribution in [3.8, 4) is 11.8 Å². The van der Waals surface area contributed by atoms with E-state index in [0.717, 1.165) is 24.2 Å². The van der Waals surface area contributed by atoms with Gasteiger partial charge in [-0.25, -0.2) is 0 Å². The summed E-state index contributed by atoms with van der Waals surface area (Å²) < 4.78 is 0. The van der Waals surface area contributed by atoms with Crippen LogP contribution < -0.4 is 11.1 Å². The molecule has 0 atom stereocenters. The zero-order valence-corrected chi connectivity index (χ0v) is 12.5. The van der Waals surface area contributed by atoms with E-state index in [1.54, 1.807) is 0 Å². The second kappa shape index (κ2) is 8.36. The summed E-state index contributed by atoms with van der Waals surface area (Å²) in [7, 11) is 2.02. The van der Waals surface area contributed by atoms with E-state index in [2.05, 4.69) is 29.0 Å². The number of nitrogens with zero attached hydrogens (tertiary/aromatic N) is 1. The number of hydrogen-bond acceptors (Lipinski definition) is 3. The third-order valence-corrected chi connectivity index (χ3v) is 3.06. The molecule has 20 heavy (non-hydrogen) atoms. The van der Waals surface area contributed by atoms with Crippen LogP contribution in [0.5, 0.6) is 0 Å². The molecule has 0 fully saturated rings. The number of nitrogens with one attached hydrogen (secondary N) is 1. The average Bonchev–Trinajstić information content (AvgIpc) is 2.44. The lowest BCUT2D eigenvalue weighted by Gasteiger charge is -2.14. The Bertz CT molecular complexity index is 514. The fourth-order valence-corrected chi connectivity index (χ4v) is 1.72. The molecule has 0 aromatic heterocycles. The Morgan fingerprint density at radius 3 is 2.85 bits per heavy atom. The van der Waals surface area contributed by atoms with E-state index in [1.165, 1.54) is 0 Å². The van der Waals surface area contributed by atoms with Crippen molar-refractivity contribution >= 4 is 5.91 Å². The molecule has 108 valence electrons. The molecule has 0 heterocycles. The Balaban J connectivity index is 2.76. The van der Waals surface area contributed by atoms with Crippen LogP contribution in [0, 0.1) is 18.8 Å². The molecule has 0 spiro atoms. The minimum Gasteiger partial charge on any atom is -0.351 e. The second-order valence-electron chi connectivity index (χ2n) is 4.71. The van der Waals surface area contributed by atoms with Crippen molar-refractivity contribution in [2.45, 2.75) is 13.8 Å². The lowest BCUT2D eigenvalue weighted by molar-refractivity contribution is 0.0950. The van der Waals surface area contributed by atoms with Gasteiger partial charge < -0.3 is 16.0 Å². The number of carbonyl (C=O) groups excluding carboxylic acids is 1. The molecule has 4 heteroatoms. The van der Waals surface area contributed by atoms with Crippen LogP contribution in [0.15, 0.2) is 18.2 Å². The zero-order chi connectivity index (χ0) is 15.0. The van der Waals surface area contributed by atoms with E-state index >= 15 is 0 Å². The van der Waals surface area contributed by atoms with Gasteiger partial charge in [-0.05, 0) is 38.2 Å². The molecule has 0 radical (unpaired) electrons. The number of aryl methyl sites for hydroxylation is 1. The largest absolute Gasteiger partial charge is 0.351 e.